The highest BCUT2D eigenvalue weighted by Gasteiger charge is 2.17. The topological polar surface area (TPSA) is 105 Å². The number of H-pyrrole nitrogens is 1. The largest absolute Gasteiger partial charge is 0.444 e. The Hall–Kier alpha value is -2.48. The van der Waals surface area contributed by atoms with Crippen LogP contribution in [0.1, 0.15) is 32.0 Å². The molecular weight excluding hydrogens is 284 g/mol. The summed E-state index contributed by atoms with van der Waals surface area (Å²) < 4.78 is 5.20. The fourth-order valence-electron chi connectivity index (χ4n) is 1.71. The summed E-state index contributed by atoms with van der Waals surface area (Å²) in [6, 6.07) is 0. The van der Waals surface area contributed by atoms with E-state index in [4.69, 9.17) is 4.74 Å². The van der Waals surface area contributed by atoms with Crippen molar-refractivity contribution in [1.29, 1.82) is 0 Å². The highest BCUT2D eigenvalue weighted by Crippen LogP contribution is 2.13. The van der Waals surface area contributed by atoms with Crippen LogP contribution in [0.2, 0.25) is 0 Å². The molecule has 2 aromatic rings. The van der Waals surface area contributed by atoms with E-state index >= 15 is 0 Å². The van der Waals surface area contributed by atoms with E-state index in [1.165, 1.54) is 0 Å². The third-order valence-electron chi connectivity index (χ3n) is 2.58. The van der Waals surface area contributed by atoms with Gasteiger partial charge < -0.3 is 10.1 Å². The van der Waals surface area contributed by atoms with Gasteiger partial charge in [0.1, 0.15) is 11.4 Å². The van der Waals surface area contributed by atoms with Crippen LogP contribution >= 0.6 is 0 Å². The molecule has 0 aliphatic carbocycles. The van der Waals surface area contributed by atoms with E-state index in [1.807, 2.05) is 20.8 Å². The summed E-state index contributed by atoms with van der Waals surface area (Å²) in [4.78, 5) is 19.9. The number of aromatic nitrogens is 4. The number of carbonyl (C=O) groups excluding carboxylic acids is 1. The monoisotopic (exact) mass is 304 g/mol. The molecule has 2 heterocycles. The summed E-state index contributed by atoms with van der Waals surface area (Å²) in [6.45, 7) is 6.53. The molecule has 0 fully saturated rings. The number of carbonyl (C=O) groups is 1. The first-order valence-electron chi connectivity index (χ1n) is 6.92. The van der Waals surface area contributed by atoms with Crippen LogP contribution in [-0.4, -0.2) is 31.9 Å². The van der Waals surface area contributed by atoms with Crippen molar-refractivity contribution in [2.75, 3.05) is 5.32 Å². The SMILES string of the molecule is CC(C)(C)OC(=O)Nc1[nH]ncc1CNCc1cnccn1. The normalized spacial score (nSPS) is 11.2. The van der Waals surface area contributed by atoms with Gasteiger partial charge in [-0.15, -0.1) is 0 Å². The Bertz CT molecular complexity index is 605. The van der Waals surface area contributed by atoms with Crippen LogP contribution in [0.4, 0.5) is 10.6 Å². The van der Waals surface area contributed by atoms with E-state index in [9.17, 15) is 4.79 Å². The number of aromatic amines is 1. The second-order valence-corrected chi connectivity index (χ2v) is 5.70. The lowest BCUT2D eigenvalue weighted by Crippen LogP contribution is -2.27. The zero-order valence-corrected chi connectivity index (χ0v) is 12.9. The number of ether oxygens (including phenoxy) is 1. The van der Waals surface area contributed by atoms with Crippen molar-refractivity contribution in [2.24, 2.45) is 0 Å². The Kier molecular flexibility index (Phi) is 5.05. The van der Waals surface area contributed by atoms with Gasteiger partial charge in [0, 0.05) is 37.2 Å². The zero-order valence-electron chi connectivity index (χ0n) is 12.9. The van der Waals surface area contributed by atoms with Gasteiger partial charge in [0.25, 0.3) is 0 Å². The van der Waals surface area contributed by atoms with E-state index in [1.54, 1.807) is 24.8 Å². The predicted octanol–water partition coefficient (Wildman–Crippen LogP) is 1.84. The average molecular weight is 304 g/mol. The van der Waals surface area contributed by atoms with Crippen LogP contribution in [0.25, 0.3) is 0 Å². The first-order chi connectivity index (χ1) is 10.4. The number of rotatable bonds is 5. The van der Waals surface area contributed by atoms with E-state index < -0.39 is 11.7 Å². The van der Waals surface area contributed by atoms with Crippen LogP contribution in [-0.2, 0) is 17.8 Å². The maximum absolute atomic E-state index is 11.8. The molecule has 0 radical (unpaired) electrons. The van der Waals surface area contributed by atoms with Crippen LogP contribution < -0.4 is 10.6 Å². The Morgan fingerprint density at radius 3 is 2.77 bits per heavy atom. The molecule has 0 unspecified atom stereocenters. The average Bonchev–Trinajstić information content (AvgIpc) is 2.85. The summed E-state index contributed by atoms with van der Waals surface area (Å²) in [5, 5.41) is 12.5. The Morgan fingerprint density at radius 2 is 2.09 bits per heavy atom. The predicted molar refractivity (Wildman–Crippen MR) is 81.0 cm³/mol. The van der Waals surface area contributed by atoms with Crippen molar-refractivity contribution in [3.63, 3.8) is 0 Å². The minimum Gasteiger partial charge on any atom is -0.444 e. The first kappa shape index (κ1) is 15.9. The molecule has 3 N–H and O–H groups in total. The summed E-state index contributed by atoms with van der Waals surface area (Å²) in [5.41, 5.74) is 1.12. The van der Waals surface area contributed by atoms with Crippen molar-refractivity contribution in [3.8, 4) is 0 Å². The lowest BCUT2D eigenvalue weighted by Gasteiger charge is -2.19. The molecule has 2 aromatic heterocycles. The van der Waals surface area contributed by atoms with Gasteiger partial charge in [0.05, 0.1) is 11.9 Å². The number of hydrogen-bond acceptors (Lipinski definition) is 6. The lowest BCUT2D eigenvalue weighted by atomic mass is 10.2. The minimum atomic E-state index is -0.547. The molecule has 0 saturated carbocycles. The number of anilines is 1. The van der Waals surface area contributed by atoms with Gasteiger partial charge in [-0.1, -0.05) is 0 Å². The molecule has 0 aliphatic rings. The standard InChI is InChI=1S/C14H20N6O2/c1-14(2,3)22-13(21)19-12-10(7-18-20-12)6-16-9-11-8-15-4-5-17-11/h4-5,7-8,16H,6,9H2,1-3H3,(H2,18,19,20,21). The Morgan fingerprint density at radius 1 is 1.27 bits per heavy atom. The molecule has 0 bridgehead atoms. The van der Waals surface area contributed by atoms with E-state index in [0.717, 1.165) is 11.3 Å². The summed E-state index contributed by atoms with van der Waals surface area (Å²) in [7, 11) is 0. The van der Waals surface area contributed by atoms with Crippen LogP contribution in [0, 0.1) is 0 Å². The van der Waals surface area contributed by atoms with Gasteiger partial charge in [-0.3, -0.25) is 20.4 Å². The summed E-state index contributed by atoms with van der Waals surface area (Å²) in [5.74, 6) is 0.515. The number of nitrogens with zero attached hydrogens (tertiary/aromatic N) is 3. The third kappa shape index (κ3) is 5.13. The van der Waals surface area contributed by atoms with E-state index in [2.05, 4.69) is 30.8 Å². The first-order valence-corrected chi connectivity index (χ1v) is 6.92. The minimum absolute atomic E-state index is 0.515. The van der Waals surface area contributed by atoms with Crippen LogP contribution in [0.5, 0.6) is 0 Å². The van der Waals surface area contributed by atoms with Gasteiger partial charge in [-0.05, 0) is 20.8 Å². The maximum Gasteiger partial charge on any atom is 0.413 e. The van der Waals surface area contributed by atoms with Crippen molar-refractivity contribution < 1.29 is 9.53 Å². The maximum atomic E-state index is 11.8. The highest BCUT2D eigenvalue weighted by atomic mass is 16.6. The molecule has 118 valence electrons. The highest BCUT2D eigenvalue weighted by molar-refractivity contribution is 5.84. The third-order valence-corrected chi connectivity index (χ3v) is 2.58. The molecule has 8 heteroatoms. The quantitative estimate of drug-likeness (QED) is 0.778. The van der Waals surface area contributed by atoms with Gasteiger partial charge in [0.15, 0.2) is 0 Å². The fraction of sp³-hybridized carbons (Fsp3) is 0.429. The summed E-state index contributed by atoms with van der Waals surface area (Å²) in [6.07, 6.45) is 6.10. The molecule has 0 spiro atoms. The van der Waals surface area contributed by atoms with E-state index in [0.29, 0.717) is 18.9 Å². The van der Waals surface area contributed by atoms with Crippen molar-refractivity contribution >= 4 is 11.9 Å². The molecular formula is C14H20N6O2. The molecule has 0 atom stereocenters. The van der Waals surface area contributed by atoms with Crippen LogP contribution in [0.3, 0.4) is 0 Å². The van der Waals surface area contributed by atoms with Gasteiger partial charge in [-0.2, -0.15) is 5.10 Å². The zero-order chi connectivity index (χ0) is 16.0. The molecule has 0 aromatic carbocycles. The fourth-order valence-corrected chi connectivity index (χ4v) is 1.71. The smallest absolute Gasteiger partial charge is 0.413 e. The second kappa shape index (κ2) is 6.99. The van der Waals surface area contributed by atoms with Crippen LogP contribution in [0.15, 0.2) is 24.8 Å². The molecule has 22 heavy (non-hydrogen) atoms. The van der Waals surface area contributed by atoms with Crippen molar-refractivity contribution in [2.45, 2.75) is 39.5 Å². The van der Waals surface area contributed by atoms with Gasteiger partial charge >= 0.3 is 6.09 Å². The van der Waals surface area contributed by atoms with E-state index in [-0.39, 0.29) is 0 Å². The Labute approximate surface area is 128 Å². The Balaban J connectivity index is 1.86. The molecule has 0 saturated heterocycles. The second-order valence-electron chi connectivity index (χ2n) is 5.70. The molecule has 1 amide bonds. The van der Waals surface area contributed by atoms with Gasteiger partial charge in [-0.25, -0.2) is 4.79 Å². The molecule has 2 rings (SSSR count). The molecule has 8 nitrogen and oxygen atoms in total. The van der Waals surface area contributed by atoms with Gasteiger partial charge in [0.2, 0.25) is 0 Å². The number of hydrogen-bond donors (Lipinski definition) is 3. The lowest BCUT2D eigenvalue weighted by molar-refractivity contribution is 0.0635. The number of nitrogens with one attached hydrogen (secondary N) is 3. The van der Waals surface area contributed by atoms with Crippen molar-refractivity contribution in [1.82, 2.24) is 25.5 Å². The number of amides is 1. The van der Waals surface area contributed by atoms with Crippen molar-refractivity contribution in [3.05, 3.63) is 36.0 Å². The summed E-state index contributed by atoms with van der Waals surface area (Å²) >= 11 is 0. The molecule has 0 aliphatic heterocycles.